The van der Waals surface area contributed by atoms with Crippen molar-refractivity contribution in [1.29, 1.82) is 0 Å². The quantitative estimate of drug-likeness (QED) is 0.347. The van der Waals surface area contributed by atoms with Gasteiger partial charge in [0.05, 0.1) is 25.3 Å². The second-order valence-corrected chi connectivity index (χ2v) is 7.46. The monoisotopic (exact) mass is 426 g/mol. The lowest BCUT2D eigenvalue weighted by molar-refractivity contribution is 0.0592. The maximum Gasteiger partial charge on any atom is 0.337 e. The number of esters is 2. The predicted molar refractivity (Wildman–Crippen MR) is 129 cm³/mol. The van der Waals surface area contributed by atoms with Crippen molar-refractivity contribution in [2.24, 2.45) is 0 Å². The highest BCUT2D eigenvalue weighted by atomic mass is 16.5. The van der Waals surface area contributed by atoms with Crippen LogP contribution < -0.4 is 0 Å². The molecule has 3 aromatic carbocycles. The second-order valence-electron chi connectivity index (χ2n) is 7.46. The summed E-state index contributed by atoms with van der Waals surface area (Å²) in [5.74, 6) is -0.676. The molecule has 0 atom stereocenters. The van der Waals surface area contributed by atoms with Gasteiger partial charge in [0.2, 0.25) is 0 Å². The van der Waals surface area contributed by atoms with Crippen LogP contribution in [0.25, 0.3) is 24.3 Å². The molecule has 0 bridgehead atoms. The minimum absolute atomic E-state index is 0.338. The van der Waals surface area contributed by atoms with E-state index in [0.29, 0.717) is 11.1 Å². The third-order valence-corrected chi connectivity index (χ3v) is 5.23. The van der Waals surface area contributed by atoms with E-state index in [1.807, 2.05) is 36.4 Å². The first-order valence-corrected chi connectivity index (χ1v) is 10.3. The van der Waals surface area contributed by atoms with E-state index >= 15 is 0 Å². The van der Waals surface area contributed by atoms with Crippen LogP contribution in [-0.4, -0.2) is 26.2 Å². The van der Waals surface area contributed by atoms with Gasteiger partial charge < -0.3 is 9.47 Å². The van der Waals surface area contributed by atoms with Crippen LogP contribution in [0.5, 0.6) is 0 Å². The molecular formula is C28H26O4. The number of carbonyl (C=O) groups excluding carboxylic acids is 2. The van der Waals surface area contributed by atoms with Crippen molar-refractivity contribution in [2.75, 3.05) is 14.2 Å². The summed E-state index contributed by atoms with van der Waals surface area (Å²) in [6, 6.07) is 18.9. The Bertz CT molecular complexity index is 1070. The Hall–Kier alpha value is -3.92. The van der Waals surface area contributed by atoms with Crippen molar-refractivity contribution in [3.63, 3.8) is 0 Å². The molecule has 4 heteroatoms. The van der Waals surface area contributed by atoms with Crippen molar-refractivity contribution in [1.82, 2.24) is 0 Å². The van der Waals surface area contributed by atoms with Gasteiger partial charge in [0.1, 0.15) is 0 Å². The summed E-state index contributed by atoms with van der Waals surface area (Å²) in [4.78, 5) is 23.1. The van der Waals surface area contributed by atoms with Crippen molar-refractivity contribution in [3.8, 4) is 0 Å². The van der Waals surface area contributed by atoms with Crippen LogP contribution in [0.2, 0.25) is 0 Å². The molecular weight excluding hydrogens is 400 g/mol. The van der Waals surface area contributed by atoms with E-state index < -0.39 is 0 Å². The summed E-state index contributed by atoms with van der Waals surface area (Å²) in [5.41, 5.74) is 7.69. The van der Waals surface area contributed by atoms with Gasteiger partial charge in [0.25, 0.3) is 0 Å². The molecule has 0 saturated carbocycles. The topological polar surface area (TPSA) is 52.6 Å². The van der Waals surface area contributed by atoms with Crippen molar-refractivity contribution < 1.29 is 19.1 Å². The number of aryl methyl sites for hydroxylation is 2. The van der Waals surface area contributed by atoms with Crippen LogP contribution in [0.1, 0.15) is 54.1 Å². The summed E-state index contributed by atoms with van der Waals surface area (Å²) in [7, 11) is 2.75. The minimum atomic E-state index is -0.338. The van der Waals surface area contributed by atoms with Gasteiger partial charge in [-0.2, -0.15) is 0 Å². The highest BCUT2D eigenvalue weighted by Crippen LogP contribution is 2.21. The molecule has 0 spiro atoms. The average Bonchev–Trinajstić information content (AvgIpc) is 2.83. The van der Waals surface area contributed by atoms with E-state index in [1.54, 1.807) is 24.3 Å². The Morgan fingerprint density at radius 1 is 0.594 bits per heavy atom. The SMILES string of the molecule is COC(=O)c1ccc(/C=C/c2cc(C)c(/C=C/c3ccc(C(=O)OC)cc3)cc2C)cc1. The molecule has 0 saturated heterocycles. The fourth-order valence-corrected chi connectivity index (χ4v) is 3.29. The van der Waals surface area contributed by atoms with Crippen LogP contribution in [0.3, 0.4) is 0 Å². The Morgan fingerprint density at radius 2 is 0.938 bits per heavy atom. The van der Waals surface area contributed by atoms with Crippen LogP contribution in [0.15, 0.2) is 60.7 Å². The van der Waals surface area contributed by atoms with Crippen molar-refractivity contribution >= 4 is 36.2 Å². The average molecular weight is 427 g/mol. The highest BCUT2D eigenvalue weighted by Gasteiger charge is 2.05. The zero-order valence-corrected chi connectivity index (χ0v) is 18.7. The van der Waals surface area contributed by atoms with Gasteiger partial charge in [-0.25, -0.2) is 9.59 Å². The number of hydrogen-bond donors (Lipinski definition) is 0. The molecule has 0 aliphatic heterocycles. The van der Waals surface area contributed by atoms with E-state index in [2.05, 4.69) is 38.1 Å². The Balaban J connectivity index is 1.74. The van der Waals surface area contributed by atoms with Gasteiger partial charge in [-0.1, -0.05) is 60.7 Å². The van der Waals surface area contributed by atoms with Gasteiger partial charge in [0, 0.05) is 0 Å². The Morgan fingerprint density at radius 3 is 1.25 bits per heavy atom. The minimum Gasteiger partial charge on any atom is -0.465 e. The summed E-state index contributed by atoms with van der Waals surface area (Å²) >= 11 is 0. The molecule has 0 amide bonds. The van der Waals surface area contributed by atoms with E-state index in [9.17, 15) is 9.59 Å². The molecule has 0 fully saturated rings. The predicted octanol–water partition coefficient (Wildman–Crippen LogP) is 6.22. The Labute approximate surface area is 188 Å². The summed E-state index contributed by atoms with van der Waals surface area (Å²) in [6.07, 6.45) is 8.21. The molecule has 3 aromatic rings. The standard InChI is InChI=1S/C28H26O4/c1-19-17-26(16-10-22-7-13-24(14-8-22)28(30)32-4)20(2)18-25(19)15-9-21-5-11-23(12-6-21)27(29)31-3/h5-18H,1-4H3/b15-9+,16-10+. The molecule has 162 valence electrons. The summed E-state index contributed by atoms with van der Waals surface area (Å²) in [5, 5.41) is 0. The second kappa shape index (κ2) is 10.4. The molecule has 0 aliphatic carbocycles. The largest absolute Gasteiger partial charge is 0.465 e. The fourth-order valence-electron chi connectivity index (χ4n) is 3.29. The summed E-state index contributed by atoms with van der Waals surface area (Å²) in [6.45, 7) is 4.17. The van der Waals surface area contributed by atoms with E-state index in [-0.39, 0.29) is 11.9 Å². The van der Waals surface area contributed by atoms with E-state index in [0.717, 1.165) is 22.3 Å². The third-order valence-electron chi connectivity index (χ3n) is 5.23. The number of rotatable bonds is 6. The summed E-state index contributed by atoms with van der Waals surface area (Å²) < 4.78 is 9.46. The molecule has 0 aliphatic rings. The maximum absolute atomic E-state index is 11.6. The first kappa shape index (κ1) is 22.8. The number of hydrogen-bond acceptors (Lipinski definition) is 4. The van der Waals surface area contributed by atoms with Gasteiger partial charge in [-0.15, -0.1) is 0 Å². The molecule has 32 heavy (non-hydrogen) atoms. The molecule has 0 heterocycles. The molecule has 0 N–H and O–H groups in total. The number of ether oxygens (including phenoxy) is 2. The lowest BCUT2D eigenvalue weighted by atomic mass is 9.98. The smallest absolute Gasteiger partial charge is 0.337 e. The zero-order chi connectivity index (χ0) is 23.1. The van der Waals surface area contributed by atoms with Gasteiger partial charge in [-0.3, -0.25) is 0 Å². The normalized spacial score (nSPS) is 11.1. The van der Waals surface area contributed by atoms with Gasteiger partial charge in [-0.05, 0) is 71.5 Å². The number of carbonyl (C=O) groups is 2. The van der Waals surface area contributed by atoms with E-state index in [4.69, 9.17) is 9.47 Å². The first-order valence-electron chi connectivity index (χ1n) is 10.3. The van der Waals surface area contributed by atoms with E-state index in [1.165, 1.54) is 25.3 Å². The number of methoxy groups -OCH3 is 2. The number of benzene rings is 3. The van der Waals surface area contributed by atoms with Crippen LogP contribution in [0, 0.1) is 13.8 Å². The van der Waals surface area contributed by atoms with Crippen LogP contribution >= 0.6 is 0 Å². The van der Waals surface area contributed by atoms with Gasteiger partial charge in [0.15, 0.2) is 0 Å². The Kier molecular flexibility index (Phi) is 7.40. The van der Waals surface area contributed by atoms with Crippen molar-refractivity contribution in [2.45, 2.75) is 13.8 Å². The molecule has 3 rings (SSSR count). The van der Waals surface area contributed by atoms with Crippen molar-refractivity contribution in [3.05, 3.63) is 105 Å². The highest BCUT2D eigenvalue weighted by molar-refractivity contribution is 5.90. The lowest BCUT2D eigenvalue weighted by Gasteiger charge is -2.07. The maximum atomic E-state index is 11.6. The third kappa shape index (κ3) is 5.61. The molecule has 0 radical (unpaired) electrons. The van der Waals surface area contributed by atoms with Gasteiger partial charge >= 0.3 is 11.9 Å². The molecule has 0 unspecified atom stereocenters. The van der Waals surface area contributed by atoms with Crippen LogP contribution in [-0.2, 0) is 9.47 Å². The zero-order valence-electron chi connectivity index (χ0n) is 18.7. The first-order chi connectivity index (χ1) is 15.4. The van der Waals surface area contributed by atoms with Crippen LogP contribution in [0.4, 0.5) is 0 Å². The fraction of sp³-hybridized carbons (Fsp3) is 0.143. The molecule has 0 aromatic heterocycles. The molecule has 4 nitrogen and oxygen atoms in total. The lowest BCUT2D eigenvalue weighted by Crippen LogP contribution is -2.00.